The van der Waals surface area contributed by atoms with E-state index in [1.165, 1.54) is 0 Å². The van der Waals surface area contributed by atoms with Crippen molar-refractivity contribution in [3.05, 3.63) is 48.4 Å². The smallest absolute Gasteiger partial charge is 0.227 e. The normalized spacial score (nSPS) is 12.2. The van der Waals surface area contributed by atoms with Gasteiger partial charge in [-0.25, -0.2) is 15.0 Å². The summed E-state index contributed by atoms with van der Waals surface area (Å²) in [5.74, 6) is 1.88. The highest BCUT2D eigenvalue weighted by Crippen LogP contribution is 2.36. The SMILES string of the molecule is [2H]C(C)(C)n1c(C)nc2ccc(-c3ccnc(Nc4cc(N)c(N(C)CCN(C)C)cc4OC)n3)cc21. The molecule has 0 aliphatic carbocycles. The lowest BCUT2D eigenvalue weighted by molar-refractivity contribution is 0.413. The van der Waals surface area contributed by atoms with Gasteiger partial charge in [-0.2, -0.15) is 0 Å². The summed E-state index contributed by atoms with van der Waals surface area (Å²) in [5.41, 5.74) is 12.0. The van der Waals surface area contributed by atoms with E-state index in [9.17, 15) is 0 Å². The van der Waals surface area contributed by atoms with Crippen LogP contribution in [0.15, 0.2) is 42.6 Å². The zero-order valence-electron chi connectivity index (χ0n) is 23.1. The molecule has 2 aromatic heterocycles. The van der Waals surface area contributed by atoms with E-state index in [-0.39, 0.29) is 0 Å². The monoisotopic (exact) mass is 489 g/mol. The second-order valence-corrected chi connectivity index (χ2v) is 9.37. The Morgan fingerprint density at radius 1 is 1.11 bits per heavy atom. The standard InChI is InChI=1S/C27H36N8O/c1-17(2)35-18(3)30-22-9-8-19(14-25(22)35)21-10-11-29-27(31-21)32-23-15-20(28)24(16-26(23)36-7)34(6)13-12-33(4)5/h8-11,14-17H,12-13,28H2,1-7H3,(H,29,31,32)/i17D. The number of fused-ring (bicyclic) bond motifs is 1. The molecule has 0 radical (unpaired) electrons. The zero-order chi connectivity index (χ0) is 26.9. The molecule has 0 bridgehead atoms. The summed E-state index contributed by atoms with van der Waals surface area (Å²) in [5, 5.41) is 3.27. The molecular weight excluding hydrogens is 452 g/mol. The third-order valence-electron chi connectivity index (χ3n) is 6.11. The summed E-state index contributed by atoms with van der Waals surface area (Å²) in [7, 11) is 7.73. The van der Waals surface area contributed by atoms with Crippen LogP contribution in [-0.4, -0.2) is 65.8 Å². The molecule has 3 N–H and O–H groups in total. The maximum Gasteiger partial charge on any atom is 0.227 e. The van der Waals surface area contributed by atoms with Gasteiger partial charge in [-0.15, -0.1) is 0 Å². The first-order valence-electron chi connectivity index (χ1n) is 12.4. The van der Waals surface area contributed by atoms with Crippen LogP contribution in [0.3, 0.4) is 0 Å². The number of benzene rings is 2. The average molecular weight is 490 g/mol. The first-order valence-corrected chi connectivity index (χ1v) is 11.9. The number of hydrogen-bond donors (Lipinski definition) is 2. The van der Waals surface area contributed by atoms with E-state index in [1.807, 2.05) is 82.9 Å². The number of anilines is 4. The quantitative estimate of drug-likeness (QED) is 0.326. The van der Waals surface area contributed by atoms with Gasteiger partial charge in [0.2, 0.25) is 5.95 Å². The molecule has 0 saturated carbocycles. The number of aryl methyl sites for hydroxylation is 1. The van der Waals surface area contributed by atoms with E-state index < -0.39 is 6.02 Å². The third kappa shape index (κ3) is 5.21. The van der Waals surface area contributed by atoms with E-state index in [1.54, 1.807) is 13.3 Å². The zero-order valence-corrected chi connectivity index (χ0v) is 22.1. The van der Waals surface area contributed by atoms with Crippen molar-refractivity contribution in [3.8, 4) is 17.0 Å². The molecule has 190 valence electrons. The number of hydrogen-bond acceptors (Lipinski definition) is 8. The van der Waals surface area contributed by atoms with E-state index >= 15 is 0 Å². The Hall–Kier alpha value is -3.85. The van der Waals surface area contributed by atoms with Crippen LogP contribution in [-0.2, 0) is 0 Å². The minimum absolute atomic E-state index is 0.425. The van der Waals surface area contributed by atoms with Crippen molar-refractivity contribution in [2.75, 3.05) is 57.3 Å². The Kier molecular flexibility index (Phi) is 6.90. The van der Waals surface area contributed by atoms with Crippen LogP contribution in [0.1, 0.15) is 27.1 Å². The van der Waals surface area contributed by atoms with Gasteiger partial charge < -0.3 is 30.2 Å². The summed E-state index contributed by atoms with van der Waals surface area (Å²) in [6, 6.07) is 10.8. The summed E-state index contributed by atoms with van der Waals surface area (Å²) < 4.78 is 16.1. The van der Waals surface area contributed by atoms with E-state index in [2.05, 4.69) is 25.1 Å². The Morgan fingerprint density at radius 2 is 1.89 bits per heavy atom. The van der Waals surface area contributed by atoms with Gasteiger partial charge in [0.25, 0.3) is 0 Å². The topological polar surface area (TPSA) is 97.4 Å². The predicted octanol–water partition coefficient (Wildman–Crippen LogP) is 4.71. The van der Waals surface area contributed by atoms with Gasteiger partial charge in [0.15, 0.2) is 0 Å². The fourth-order valence-electron chi connectivity index (χ4n) is 4.27. The molecule has 4 rings (SSSR count). The molecule has 0 spiro atoms. The number of ether oxygens (including phenoxy) is 1. The Labute approximate surface area is 214 Å². The number of aromatic nitrogens is 4. The second-order valence-electron chi connectivity index (χ2n) is 9.37. The number of nitrogen functional groups attached to an aromatic ring is 1. The molecule has 2 aromatic carbocycles. The van der Waals surface area contributed by atoms with Crippen molar-refractivity contribution < 1.29 is 6.11 Å². The van der Waals surface area contributed by atoms with Crippen LogP contribution in [0.5, 0.6) is 5.75 Å². The van der Waals surface area contributed by atoms with Crippen molar-refractivity contribution >= 4 is 34.0 Å². The van der Waals surface area contributed by atoms with Gasteiger partial charge >= 0.3 is 0 Å². The van der Waals surface area contributed by atoms with Crippen molar-refractivity contribution in [2.24, 2.45) is 0 Å². The van der Waals surface area contributed by atoms with Crippen molar-refractivity contribution in [1.82, 2.24) is 24.4 Å². The molecule has 0 fully saturated rings. The summed E-state index contributed by atoms with van der Waals surface area (Å²) in [6.07, 6.45) is 1.71. The van der Waals surface area contributed by atoms with E-state index in [0.717, 1.165) is 46.9 Å². The number of imidazole rings is 1. The van der Waals surface area contributed by atoms with Crippen LogP contribution in [0, 0.1) is 6.92 Å². The number of nitrogens with two attached hydrogens (primary N) is 1. The second kappa shape index (κ2) is 10.4. The lowest BCUT2D eigenvalue weighted by Crippen LogP contribution is -2.29. The largest absolute Gasteiger partial charge is 0.494 e. The fourth-order valence-corrected chi connectivity index (χ4v) is 4.27. The number of nitrogens with zero attached hydrogens (tertiary/aromatic N) is 6. The van der Waals surface area contributed by atoms with Crippen molar-refractivity contribution in [1.29, 1.82) is 0 Å². The minimum Gasteiger partial charge on any atom is -0.494 e. The molecule has 0 aliphatic rings. The number of rotatable bonds is 9. The molecule has 2 heterocycles. The predicted molar refractivity (Wildman–Crippen MR) is 148 cm³/mol. The van der Waals surface area contributed by atoms with Crippen LogP contribution < -0.4 is 20.7 Å². The molecule has 0 amide bonds. The molecule has 9 heteroatoms. The third-order valence-corrected chi connectivity index (χ3v) is 6.11. The number of nitrogens with one attached hydrogen (secondary N) is 1. The molecular formula is C27H36N8O. The molecule has 36 heavy (non-hydrogen) atoms. The van der Waals surface area contributed by atoms with Crippen molar-refractivity contribution in [2.45, 2.75) is 26.8 Å². The molecule has 4 aromatic rings. The fraction of sp³-hybridized carbons (Fsp3) is 0.370. The van der Waals surface area contributed by atoms with Crippen LogP contribution in [0.2, 0.25) is 0 Å². The Bertz CT molecular complexity index is 1410. The Balaban J connectivity index is 1.65. The molecule has 0 aliphatic heterocycles. The van der Waals surface area contributed by atoms with Gasteiger partial charge in [0.05, 0.1) is 42.3 Å². The van der Waals surface area contributed by atoms with Crippen LogP contribution >= 0.6 is 0 Å². The highest BCUT2D eigenvalue weighted by molar-refractivity contribution is 5.83. The molecule has 9 nitrogen and oxygen atoms in total. The Morgan fingerprint density at radius 3 is 2.58 bits per heavy atom. The number of likely N-dealkylation sites (N-methyl/N-ethyl adjacent to an activating group) is 2. The average Bonchev–Trinajstić information content (AvgIpc) is 3.18. The first-order chi connectivity index (χ1) is 17.5. The number of methoxy groups -OCH3 is 1. The van der Waals surface area contributed by atoms with Gasteiger partial charge in [-0.1, -0.05) is 6.07 Å². The molecule has 0 atom stereocenters. The van der Waals surface area contributed by atoms with Crippen molar-refractivity contribution in [3.63, 3.8) is 0 Å². The van der Waals surface area contributed by atoms with Gasteiger partial charge in [-0.3, -0.25) is 0 Å². The maximum atomic E-state index is 8.55. The van der Waals surface area contributed by atoms with E-state index in [0.29, 0.717) is 23.1 Å². The summed E-state index contributed by atoms with van der Waals surface area (Å²) in [4.78, 5) is 18.0. The van der Waals surface area contributed by atoms with Gasteiger partial charge in [0.1, 0.15) is 11.6 Å². The maximum absolute atomic E-state index is 8.55. The minimum atomic E-state index is -0.834. The molecule has 0 saturated heterocycles. The van der Waals surface area contributed by atoms with Crippen LogP contribution in [0.25, 0.3) is 22.3 Å². The molecule has 0 unspecified atom stereocenters. The van der Waals surface area contributed by atoms with Gasteiger partial charge in [0, 0.05) is 44.0 Å². The summed E-state index contributed by atoms with van der Waals surface area (Å²) >= 11 is 0. The van der Waals surface area contributed by atoms with E-state index in [4.69, 9.17) is 16.8 Å². The van der Waals surface area contributed by atoms with Gasteiger partial charge in [-0.05, 0) is 59.1 Å². The lowest BCUT2D eigenvalue weighted by Gasteiger charge is -2.24. The highest BCUT2D eigenvalue weighted by atomic mass is 16.5. The lowest BCUT2D eigenvalue weighted by atomic mass is 10.1. The highest BCUT2D eigenvalue weighted by Gasteiger charge is 2.15. The summed E-state index contributed by atoms with van der Waals surface area (Å²) in [6.45, 7) is 7.37. The first kappa shape index (κ1) is 23.9. The van der Waals surface area contributed by atoms with Crippen LogP contribution in [0.4, 0.5) is 23.0 Å².